The first-order valence-corrected chi connectivity index (χ1v) is 8.65. The lowest BCUT2D eigenvalue weighted by molar-refractivity contribution is 0.0944. The summed E-state index contributed by atoms with van der Waals surface area (Å²) in [4.78, 5) is 14.8. The third kappa shape index (κ3) is 3.15. The maximum Gasteiger partial charge on any atom is 0.251 e. The first-order valence-electron chi connectivity index (χ1n) is 8.65. The van der Waals surface area contributed by atoms with Crippen LogP contribution in [0.4, 0.5) is 0 Å². The quantitative estimate of drug-likeness (QED) is 0.795. The van der Waals surface area contributed by atoms with Gasteiger partial charge in [-0.25, -0.2) is 0 Å². The second kappa shape index (κ2) is 6.69. The minimum absolute atomic E-state index is 0.0533. The molecule has 2 aromatic carbocycles. The zero-order valence-electron chi connectivity index (χ0n) is 14.2. The van der Waals surface area contributed by atoms with Crippen LogP contribution in [0.25, 0.3) is 22.2 Å². The monoisotopic (exact) mass is 335 g/mol. The highest BCUT2D eigenvalue weighted by Crippen LogP contribution is 2.29. The van der Waals surface area contributed by atoms with E-state index in [1.54, 1.807) is 6.07 Å². The number of likely N-dealkylation sites (tertiary alicyclic amines) is 1. The molecule has 1 amide bonds. The van der Waals surface area contributed by atoms with Crippen LogP contribution in [-0.4, -0.2) is 42.1 Å². The molecule has 5 heteroatoms. The molecule has 128 valence electrons. The Labute approximate surface area is 146 Å². The zero-order chi connectivity index (χ0) is 17.2. The Hall–Kier alpha value is -2.66. The number of amides is 1. The van der Waals surface area contributed by atoms with E-state index in [0.29, 0.717) is 23.9 Å². The molecule has 0 aliphatic carbocycles. The Morgan fingerprint density at radius 2 is 2.12 bits per heavy atom. The van der Waals surface area contributed by atoms with E-state index in [-0.39, 0.29) is 5.91 Å². The number of nitrogens with zero attached hydrogens (tertiary/aromatic N) is 2. The van der Waals surface area contributed by atoms with Gasteiger partial charge in [0.2, 0.25) is 0 Å². The molecule has 1 saturated heterocycles. The predicted molar refractivity (Wildman–Crippen MR) is 97.4 cm³/mol. The minimum atomic E-state index is -0.0533. The van der Waals surface area contributed by atoms with Crippen LogP contribution in [0.15, 0.2) is 53.1 Å². The van der Waals surface area contributed by atoms with E-state index in [4.69, 9.17) is 4.52 Å². The summed E-state index contributed by atoms with van der Waals surface area (Å²) in [6.45, 7) is 1.79. The van der Waals surface area contributed by atoms with Crippen LogP contribution < -0.4 is 5.32 Å². The second-order valence-electron chi connectivity index (χ2n) is 6.60. The van der Waals surface area contributed by atoms with E-state index in [0.717, 1.165) is 29.4 Å². The van der Waals surface area contributed by atoms with Gasteiger partial charge in [0.1, 0.15) is 5.52 Å². The Morgan fingerprint density at radius 3 is 2.88 bits per heavy atom. The van der Waals surface area contributed by atoms with Gasteiger partial charge in [-0.05, 0) is 44.6 Å². The van der Waals surface area contributed by atoms with Gasteiger partial charge in [-0.15, -0.1) is 0 Å². The summed E-state index contributed by atoms with van der Waals surface area (Å²) in [5.41, 5.74) is 2.34. The molecule has 5 nitrogen and oxygen atoms in total. The molecule has 1 fully saturated rings. The average molecular weight is 335 g/mol. The van der Waals surface area contributed by atoms with Crippen molar-refractivity contribution in [2.24, 2.45) is 0 Å². The molecule has 0 radical (unpaired) electrons. The lowest BCUT2D eigenvalue weighted by Gasteiger charge is -2.19. The fourth-order valence-corrected chi connectivity index (χ4v) is 3.43. The van der Waals surface area contributed by atoms with Crippen LogP contribution in [0, 0.1) is 0 Å². The van der Waals surface area contributed by atoms with Crippen molar-refractivity contribution >= 4 is 16.8 Å². The minimum Gasteiger partial charge on any atom is -0.355 e. The van der Waals surface area contributed by atoms with Crippen molar-refractivity contribution in [3.8, 4) is 11.3 Å². The number of aromatic nitrogens is 1. The number of rotatable bonds is 4. The van der Waals surface area contributed by atoms with Crippen molar-refractivity contribution in [3.05, 3.63) is 54.1 Å². The molecule has 2 heterocycles. The highest BCUT2D eigenvalue weighted by Gasteiger charge is 2.21. The largest absolute Gasteiger partial charge is 0.355 e. The van der Waals surface area contributed by atoms with Gasteiger partial charge in [0.25, 0.3) is 5.91 Å². The summed E-state index contributed by atoms with van der Waals surface area (Å²) in [6.07, 6.45) is 2.34. The van der Waals surface area contributed by atoms with Crippen molar-refractivity contribution in [3.63, 3.8) is 0 Å². The number of hydrogen-bond acceptors (Lipinski definition) is 4. The third-order valence-electron chi connectivity index (χ3n) is 4.94. The van der Waals surface area contributed by atoms with Crippen molar-refractivity contribution in [1.29, 1.82) is 0 Å². The zero-order valence-corrected chi connectivity index (χ0v) is 14.2. The van der Waals surface area contributed by atoms with E-state index in [1.165, 1.54) is 6.42 Å². The molecule has 4 rings (SSSR count). The van der Waals surface area contributed by atoms with Crippen LogP contribution >= 0.6 is 0 Å². The molecule has 1 unspecified atom stereocenters. The lowest BCUT2D eigenvalue weighted by Crippen LogP contribution is -2.38. The van der Waals surface area contributed by atoms with E-state index < -0.39 is 0 Å². The smallest absolute Gasteiger partial charge is 0.251 e. The Kier molecular flexibility index (Phi) is 4.24. The highest BCUT2D eigenvalue weighted by molar-refractivity contribution is 6.00. The molecule has 1 aliphatic rings. The number of fused-ring (bicyclic) bond motifs is 1. The lowest BCUT2D eigenvalue weighted by atomic mass is 10.1. The number of nitrogens with one attached hydrogen (secondary N) is 1. The van der Waals surface area contributed by atoms with Gasteiger partial charge in [0, 0.05) is 23.7 Å². The molecule has 1 aliphatic heterocycles. The standard InChI is InChI=1S/C20H21N3O2/c1-23-11-5-8-16(23)13-21-20(24)15-9-10-18-17(12-15)19(25-22-18)14-6-3-2-4-7-14/h2-4,6-7,9-10,12,16H,5,8,11,13H2,1H3,(H,21,24). The van der Waals surface area contributed by atoms with Gasteiger partial charge in [-0.3, -0.25) is 4.79 Å². The number of benzene rings is 2. The molecule has 3 aromatic rings. The van der Waals surface area contributed by atoms with Crippen molar-refractivity contribution in [2.75, 3.05) is 20.1 Å². The third-order valence-corrected chi connectivity index (χ3v) is 4.94. The molecule has 1 atom stereocenters. The first kappa shape index (κ1) is 15.8. The van der Waals surface area contributed by atoms with Gasteiger partial charge in [0.15, 0.2) is 5.76 Å². The predicted octanol–water partition coefficient (Wildman–Crippen LogP) is 3.32. The molecule has 1 N–H and O–H groups in total. The normalized spacial score (nSPS) is 17.9. The average Bonchev–Trinajstić information content (AvgIpc) is 3.25. The van der Waals surface area contributed by atoms with Gasteiger partial charge in [-0.2, -0.15) is 0 Å². The number of carbonyl (C=O) groups is 1. The number of hydrogen-bond donors (Lipinski definition) is 1. The number of likely N-dealkylation sites (N-methyl/N-ethyl adjacent to an activating group) is 1. The molecule has 1 aromatic heterocycles. The number of carbonyl (C=O) groups excluding carboxylic acids is 1. The topological polar surface area (TPSA) is 58.4 Å². The Bertz CT molecular complexity index is 888. The molecular weight excluding hydrogens is 314 g/mol. The molecule has 0 saturated carbocycles. The van der Waals surface area contributed by atoms with Crippen LogP contribution in [0.5, 0.6) is 0 Å². The van der Waals surface area contributed by atoms with Crippen LogP contribution in [-0.2, 0) is 0 Å². The van der Waals surface area contributed by atoms with Gasteiger partial charge in [-0.1, -0.05) is 35.5 Å². The van der Waals surface area contributed by atoms with Gasteiger partial charge in [0.05, 0.1) is 5.39 Å². The van der Waals surface area contributed by atoms with E-state index in [2.05, 4.69) is 22.4 Å². The fourth-order valence-electron chi connectivity index (χ4n) is 3.43. The Balaban J connectivity index is 1.57. The molecule has 25 heavy (non-hydrogen) atoms. The second-order valence-corrected chi connectivity index (χ2v) is 6.60. The summed E-state index contributed by atoms with van der Waals surface area (Å²) in [6, 6.07) is 15.8. The van der Waals surface area contributed by atoms with Crippen molar-refractivity contribution < 1.29 is 9.32 Å². The van der Waals surface area contributed by atoms with Crippen molar-refractivity contribution in [2.45, 2.75) is 18.9 Å². The van der Waals surface area contributed by atoms with Crippen LogP contribution in [0.3, 0.4) is 0 Å². The first-order chi connectivity index (χ1) is 12.2. The molecule has 0 spiro atoms. The van der Waals surface area contributed by atoms with Crippen molar-refractivity contribution in [1.82, 2.24) is 15.4 Å². The van der Waals surface area contributed by atoms with E-state index >= 15 is 0 Å². The van der Waals surface area contributed by atoms with Crippen LogP contribution in [0.1, 0.15) is 23.2 Å². The summed E-state index contributed by atoms with van der Waals surface area (Å²) < 4.78 is 5.50. The summed E-state index contributed by atoms with van der Waals surface area (Å²) in [5, 5.41) is 8.02. The maximum absolute atomic E-state index is 12.5. The maximum atomic E-state index is 12.5. The summed E-state index contributed by atoms with van der Waals surface area (Å²) in [7, 11) is 2.11. The summed E-state index contributed by atoms with van der Waals surface area (Å²) in [5.74, 6) is 0.642. The Morgan fingerprint density at radius 1 is 1.28 bits per heavy atom. The van der Waals surface area contributed by atoms with Gasteiger partial charge >= 0.3 is 0 Å². The van der Waals surface area contributed by atoms with E-state index in [1.807, 2.05) is 42.5 Å². The fraction of sp³-hybridized carbons (Fsp3) is 0.300. The molecular formula is C20H21N3O2. The van der Waals surface area contributed by atoms with Gasteiger partial charge < -0.3 is 14.7 Å². The summed E-state index contributed by atoms with van der Waals surface area (Å²) >= 11 is 0. The highest BCUT2D eigenvalue weighted by atomic mass is 16.5. The molecule has 0 bridgehead atoms. The van der Waals surface area contributed by atoms with Crippen LogP contribution in [0.2, 0.25) is 0 Å². The van der Waals surface area contributed by atoms with E-state index in [9.17, 15) is 4.79 Å². The SMILES string of the molecule is CN1CCCC1CNC(=O)c1ccc2noc(-c3ccccc3)c2c1.